The van der Waals surface area contributed by atoms with Gasteiger partial charge in [0, 0.05) is 44.8 Å². The summed E-state index contributed by atoms with van der Waals surface area (Å²) in [7, 11) is 0. The van der Waals surface area contributed by atoms with Crippen LogP contribution in [0.2, 0.25) is 0 Å². The number of carbonyl (C=O) groups is 3. The van der Waals surface area contributed by atoms with Crippen LogP contribution in [0.3, 0.4) is 0 Å². The molecule has 1 aromatic carbocycles. The highest BCUT2D eigenvalue weighted by Crippen LogP contribution is 2.31. The zero-order valence-electron chi connectivity index (χ0n) is 17.3. The summed E-state index contributed by atoms with van der Waals surface area (Å²) >= 11 is 0. The largest absolute Gasteiger partial charge is 0.378 e. The van der Waals surface area contributed by atoms with E-state index in [1.807, 2.05) is 18.2 Å². The monoisotopic (exact) mass is 414 g/mol. The molecule has 0 radical (unpaired) electrons. The van der Waals surface area contributed by atoms with Gasteiger partial charge in [0.1, 0.15) is 6.04 Å². The highest BCUT2D eigenvalue weighted by Gasteiger charge is 2.40. The maximum Gasteiger partial charge on any atom is 0.255 e. The predicted molar refractivity (Wildman–Crippen MR) is 110 cm³/mol. The van der Waals surface area contributed by atoms with Crippen LogP contribution in [0.4, 0.5) is 0 Å². The number of nitrogens with two attached hydrogens (primary N) is 1. The first-order valence-corrected chi connectivity index (χ1v) is 10.9. The van der Waals surface area contributed by atoms with E-state index in [2.05, 4.69) is 10.2 Å². The van der Waals surface area contributed by atoms with Gasteiger partial charge >= 0.3 is 0 Å². The molecule has 1 unspecified atom stereocenters. The van der Waals surface area contributed by atoms with Gasteiger partial charge in [-0.25, -0.2) is 0 Å². The van der Waals surface area contributed by atoms with E-state index in [1.54, 1.807) is 4.90 Å². The van der Waals surface area contributed by atoms with Crippen LogP contribution in [-0.2, 0) is 27.4 Å². The van der Waals surface area contributed by atoms with Gasteiger partial charge in [0.2, 0.25) is 11.8 Å². The van der Waals surface area contributed by atoms with E-state index in [4.69, 9.17) is 10.5 Å². The van der Waals surface area contributed by atoms with Crippen LogP contribution in [0, 0.1) is 0 Å². The highest BCUT2D eigenvalue weighted by atomic mass is 16.5. The Morgan fingerprint density at radius 1 is 1.13 bits per heavy atom. The second kappa shape index (κ2) is 9.24. The lowest BCUT2D eigenvalue weighted by Gasteiger charge is -2.32. The van der Waals surface area contributed by atoms with E-state index in [9.17, 15) is 14.4 Å². The number of likely N-dealkylation sites (tertiary alicyclic amines) is 1. The van der Waals surface area contributed by atoms with Gasteiger partial charge in [-0.3, -0.25) is 24.6 Å². The van der Waals surface area contributed by atoms with Crippen molar-refractivity contribution < 1.29 is 19.1 Å². The summed E-state index contributed by atoms with van der Waals surface area (Å²) in [5, 5.41) is 2.36. The molecule has 0 saturated carbocycles. The minimum absolute atomic E-state index is 0.102. The summed E-state index contributed by atoms with van der Waals surface area (Å²) in [6, 6.07) is 5.38. The van der Waals surface area contributed by atoms with Gasteiger partial charge in [-0.05, 0) is 43.4 Å². The molecule has 2 fully saturated rings. The van der Waals surface area contributed by atoms with Crippen LogP contribution in [0.5, 0.6) is 0 Å². The van der Waals surface area contributed by atoms with E-state index in [0.29, 0.717) is 32.2 Å². The van der Waals surface area contributed by atoms with Gasteiger partial charge in [-0.2, -0.15) is 0 Å². The first-order chi connectivity index (χ1) is 14.6. The second-order valence-corrected chi connectivity index (χ2v) is 8.34. The normalized spacial score (nSPS) is 23.0. The zero-order chi connectivity index (χ0) is 21.1. The quantitative estimate of drug-likeness (QED) is 0.505. The highest BCUT2D eigenvalue weighted by molar-refractivity contribution is 6.05. The van der Waals surface area contributed by atoms with E-state index in [1.165, 1.54) is 0 Å². The third kappa shape index (κ3) is 4.40. The third-order valence-electron chi connectivity index (χ3n) is 6.27. The van der Waals surface area contributed by atoms with Gasteiger partial charge in [-0.1, -0.05) is 18.2 Å². The summed E-state index contributed by atoms with van der Waals surface area (Å²) in [6.07, 6.45) is 3.80. The molecule has 1 atom stereocenters. The minimum atomic E-state index is -0.572. The van der Waals surface area contributed by atoms with Crippen LogP contribution in [0.1, 0.15) is 53.6 Å². The van der Waals surface area contributed by atoms with Crippen LogP contribution in [-0.4, -0.2) is 65.9 Å². The Hall–Kier alpha value is -2.29. The number of hydrogen-bond acceptors (Lipinski definition) is 6. The number of rotatable bonds is 7. The van der Waals surface area contributed by atoms with Crippen LogP contribution >= 0.6 is 0 Å². The fourth-order valence-corrected chi connectivity index (χ4v) is 4.63. The van der Waals surface area contributed by atoms with Crippen molar-refractivity contribution >= 4 is 17.7 Å². The predicted octanol–water partition coefficient (Wildman–Crippen LogP) is 0.777. The molecule has 0 bridgehead atoms. The van der Waals surface area contributed by atoms with Gasteiger partial charge in [0.05, 0.1) is 6.10 Å². The fourth-order valence-electron chi connectivity index (χ4n) is 4.63. The first kappa shape index (κ1) is 21.0. The van der Waals surface area contributed by atoms with Gasteiger partial charge in [0.15, 0.2) is 0 Å². The molecule has 162 valence electrons. The maximum absolute atomic E-state index is 13.2. The smallest absolute Gasteiger partial charge is 0.255 e. The molecule has 8 heteroatoms. The van der Waals surface area contributed by atoms with Crippen molar-refractivity contribution in [1.29, 1.82) is 0 Å². The average molecular weight is 415 g/mol. The molecule has 3 heterocycles. The molecular weight excluding hydrogens is 384 g/mol. The van der Waals surface area contributed by atoms with Crippen molar-refractivity contribution in [3.63, 3.8) is 0 Å². The molecule has 3 amide bonds. The Morgan fingerprint density at radius 2 is 1.93 bits per heavy atom. The molecular formula is C22H30N4O4. The minimum Gasteiger partial charge on any atom is -0.378 e. The number of carbonyl (C=O) groups excluding carboxylic acids is 3. The molecule has 1 aromatic rings. The van der Waals surface area contributed by atoms with Gasteiger partial charge < -0.3 is 15.4 Å². The van der Waals surface area contributed by atoms with E-state index in [0.717, 1.165) is 55.6 Å². The molecule has 0 aromatic heterocycles. The second-order valence-electron chi connectivity index (χ2n) is 8.34. The lowest BCUT2D eigenvalue weighted by atomic mass is 10.0. The Balaban J connectivity index is 1.39. The number of fused-ring (bicyclic) bond motifs is 1. The fraction of sp³-hybridized carbons (Fsp3) is 0.591. The van der Waals surface area contributed by atoms with Gasteiger partial charge in [0.25, 0.3) is 5.91 Å². The maximum atomic E-state index is 13.2. The number of benzene rings is 1. The molecule has 3 N–H and O–H groups in total. The number of nitrogens with zero attached hydrogens (tertiary/aromatic N) is 2. The average Bonchev–Trinajstić information content (AvgIpc) is 3.07. The zero-order valence-corrected chi connectivity index (χ0v) is 17.3. The summed E-state index contributed by atoms with van der Waals surface area (Å²) in [6.45, 7) is 4.38. The Labute approximate surface area is 176 Å². The van der Waals surface area contributed by atoms with Crippen molar-refractivity contribution in [2.45, 2.75) is 57.3 Å². The van der Waals surface area contributed by atoms with Crippen molar-refractivity contribution in [3.05, 3.63) is 34.9 Å². The number of imide groups is 1. The van der Waals surface area contributed by atoms with Crippen molar-refractivity contribution in [2.75, 3.05) is 26.2 Å². The van der Waals surface area contributed by atoms with E-state index in [-0.39, 0.29) is 24.1 Å². The summed E-state index contributed by atoms with van der Waals surface area (Å²) in [5.74, 6) is -0.739. The Kier molecular flexibility index (Phi) is 6.46. The number of hydrogen-bond donors (Lipinski definition) is 2. The molecule has 3 aliphatic heterocycles. The Bertz CT molecular complexity index is 819. The van der Waals surface area contributed by atoms with Crippen LogP contribution in [0.15, 0.2) is 18.2 Å². The lowest BCUT2D eigenvalue weighted by molar-refractivity contribution is -0.136. The summed E-state index contributed by atoms with van der Waals surface area (Å²) in [5.41, 5.74) is 8.22. The number of nitrogens with one attached hydrogen (secondary N) is 1. The number of ether oxygens (including phenoxy) is 1. The molecule has 4 rings (SSSR count). The first-order valence-electron chi connectivity index (χ1n) is 10.9. The van der Waals surface area contributed by atoms with Crippen molar-refractivity contribution in [2.24, 2.45) is 5.73 Å². The SMILES string of the molecule is NCCCOC1CCN(Cc2cccc3c2C(=O)N(C2CCC(=O)NC2=O)C3)CC1. The lowest BCUT2D eigenvalue weighted by Crippen LogP contribution is -2.52. The van der Waals surface area contributed by atoms with Crippen LogP contribution < -0.4 is 11.1 Å². The van der Waals surface area contributed by atoms with Crippen molar-refractivity contribution in [1.82, 2.24) is 15.1 Å². The van der Waals surface area contributed by atoms with E-state index < -0.39 is 6.04 Å². The topological polar surface area (TPSA) is 105 Å². The van der Waals surface area contributed by atoms with E-state index >= 15 is 0 Å². The molecule has 0 aliphatic carbocycles. The third-order valence-corrected chi connectivity index (χ3v) is 6.27. The molecule has 3 aliphatic rings. The van der Waals surface area contributed by atoms with Crippen LogP contribution in [0.25, 0.3) is 0 Å². The molecule has 0 spiro atoms. The summed E-state index contributed by atoms with van der Waals surface area (Å²) in [4.78, 5) is 40.9. The number of piperidine rings is 2. The molecule has 8 nitrogen and oxygen atoms in total. The standard InChI is InChI=1S/C22H30N4O4/c23-9-2-12-30-17-7-10-25(11-8-17)13-15-3-1-4-16-14-26(22(29)20(15)16)18-5-6-19(27)24-21(18)28/h1,3-4,17-18H,2,5-14,23H2,(H,24,27,28). The summed E-state index contributed by atoms with van der Waals surface area (Å²) < 4.78 is 5.88. The molecule has 2 saturated heterocycles. The van der Waals surface area contributed by atoms with Crippen molar-refractivity contribution in [3.8, 4) is 0 Å². The van der Waals surface area contributed by atoms with Gasteiger partial charge in [-0.15, -0.1) is 0 Å². The molecule has 30 heavy (non-hydrogen) atoms. The number of amides is 3. The Morgan fingerprint density at radius 3 is 2.67 bits per heavy atom.